The van der Waals surface area contributed by atoms with E-state index in [-0.39, 0.29) is 11.4 Å². The Bertz CT molecular complexity index is 581. The van der Waals surface area contributed by atoms with E-state index in [2.05, 4.69) is 4.72 Å². The molecule has 0 saturated heterocycles. The molecule has 3 N–H and O–H groups in total. The maximum absolute atomic E-state index is 13.8. The molecule has 20 heavy (non-hydrogen) atoms. The molecule has 1 aromatic rings. The van der Waals surface area contributed by atoms with E-state index in [9.17, 15) is 12.8 Å². The zero-order valence-electron chi connectivity index (χ0n) is 11.7. The maximum atomic E-state index is 13.8. The Morgan fingerprint density at radius 3 is 2.55 bits per heavy atom. The normalized spacial score (nSPS) is 18.9. The number of halogens is 1. The molecule has 4 nitrogen and oxygen atoms in total. The summed E-state index contributed by atoms with van der Waals surface area (Å²) in [6.07, 6.45) is 4.66. The Morgan fingerprint density at radius 1 is 1.30 bits per heavy atom. The highest BCUT2D eigenvalue weighted by atomic mass is 32.2. The summed E-state index contributed by atoms with van der Waals surface area (Å²) < 4.78 is 41.3. The van der Waals surface area contributed by atoms with E-state index in [4.69, 9.17) is 5.73 Å². The Balaban J connectivity index is 2.30. The second-order valence-electron chi connectivity index (χ2n) is 5.70. The first-order chi connectivity index (χ1) is 9.36. The zero-order chi connectivity index (χ0) is 14.8. The third-order valence-electron chi connectivity index (χ3n) is 3.86. The summed E-state index contributed by atoms with van der Waals surface area (Å²) in [4.78, 5) is -0.313. The molecule has 0 atom stereocenters. The highest BCUT2D eigenvalue weighted by molar-refractivity contribution is 7.89. The molecule has 0 aromatic heterocycles. The second kappa shape index (κ2) is 5.79. The lowest BCUT2D eigenvalue weighted by molar-refractivity contribution is 0.293. The molecule has 0 heterocycles. The average Bonchev–Trinajstić information content (AvgIpc) is 2.38. The van der Waals surface area contributed by atoms with Gasteiger partial charge in [0.05, 0.1) is 0 Å². The van der Waals surface area contributed by atoms with Gasteiger partial charge in [-0.1, -0.05) is 25.3 Å². The predicted octanol–water partition coefficient (Wildman–Crippen LogP) is 2.29. The summed E-state index contributed by atoms with van der Waals surface area (Å²) in [5, 5.41) is 0. The van der Waals surface area contributed by atoms with Crippen LogP contribution in [0.5, 0.6) is 0 Å². The van der Waals surface area contributed by atoms with Crippen LogP contribution in [0.25, 0.3) is 0 Å². The Morgan fingerprint density at radius 2 is 1.95 bits per heavy atom. The van der Waals surface area contributed by atoms with E-state index in [1.807, 2.05) is 6.92 Å². The topological polar surface area (TPSA) is 72.2 Å². The van der Waals surface area contributed by atoms with Crippen molar-refractivity contribution in [3.05, 3.63) is 29.6 Å². The highest BCUT2D eigenvalue weighted by Crippen LogP contribution is 2.29. The molecule has 1 fully saturated rings. The third kappa shape index (κ3) is 3.37. The number of hydrogen-bond donors (Lipinski definition) is 2. The molecule has 2 rings (SSSR count). The van der Waals surface area contributed by atoms with Gasteiger partial charge in [-0.05, 0) is 37.5 Å². The van der Waals surface area contributed by atoms with Crippen LogP contribution in [0.1, 0.15) is 44.6 Å². The molecule has 0 unspecified atom stereocenters. The molecule has 1 aromatic carbocycles. The van der Waals surface area contributed by atoms with Crippen LogP contribution in [0.15, 0.2) is 23.1 Å². The van der Waals surface area contributed by atoms with Crippen LogP contribution in [-0.4, -0.2) is 14.0 Å². The van der Waals surface area contributed by atoms with E-state index >= 15 is 0 Å². The van der Waals surface area contributed by atoms with Crippen LogP contribution in [0, 0.1) is 5.82 Å². The van der Waals surface area contributed by atoms with E-state index in [0.29, 0.717) is 5.56 Å². The van der Waals surface area contributed by atoms with Crippen LogP contribution in [0.4, 0.5) is 4.39 Å². The molecule has 0 aliphatic heterocycles. The number of benzene rings is 1. The molecule has 0 radical (unpaired) electrons. The lowest BCUT2D eigenvalue weighted by atomic mass is 9.84. The van der Waals surface area contributed by atoms with Gasteiger partial charge < -0.3 is 5.73 Å². The van der Waals surface area contributed by atoms with Crippen molar-refractivity contribution in [2.45, 2.75) is 56.0 Å². The molecule has 1 aliphatic carbocycles. The maximum Gasteiger partial charge on any atom is 0.243 e. The molecule has 0 amide bonds. The smallest absolute Gasteiger partial charge is 0.243 e. The van der Waals surface area contributed by atoms with Gasteiger partial charge in [-0.3, -0.25) is 0 Å². The summed E-state index contributed by atoms with van der Waals surface area (Å²) in [5.74, 6) is -0.742. The van der Waals surface area contributed by atoms with E-state index < -0.39 is 21.4 Å². The van der Waals surface area contributed by atoms with Crippen LogP contribution in [0.2, 0.25) is 0 Å². The summed E-state index contributed by atoms with van der Waals surface area (Å²) >= 11 is 0. The first kappa shape index (κ1) is 15.4. The fraction of sp³-hybridized carbons (Fsp3) is 0.571. The fourth-order valence-electron chi connectivity index (χ4n) is 2.69. The molecule has 1 saturated carbocycles. The van der Waals surface area contributed by atoms with Gasteiger partial charge in [0, 0.05) is 12.1 Å². The van der Waals surface area contributed by atoms with E-state index in [1.54, 1.807) is 0 Å². The van der Waals surface area contributed by atoms with Crippen molar-refractivity contribution in [3.8, 4) is 0 Å². The Kier molecular flexibility index (Phi) is 4.46. The third-order valence-corrected chi connectivity index (χ3v) is 5.51. The van der Waals surface area contributed by atoms with Crippen LogP contribution in [0.3, 0.4) is 0 Å². The number of rotatable bonds is 4. The minimum Gasteiger partial charge on any atom is -0.326 e. The Hall–Kier alpha value is -0.980. The van der Waals surface area contributed by atoms with Gasteiger partial charge in [0.2, 0.25) is 10.0 Å². The molecule has 6 heteroatoms. The predicted molar refractivity (Wildman–Crippen MR) is 76.1 cm³/mol. The van der Waals surface area contributed by atoms with Crippen LogP contribution in [-0.2, 0) is 16.6 Å². The summed E-state index contributed by atoms with van der Waals surface area (Å²) in [7, 11) is -3.86. The number of nitrogens with one attached hydrogen (secondary N) is 1. The molecule has 112 valence electrons. The highest BCUT2D eigenvalue weighted by Gasteiger charge is 2.33. The fourth-order valence-corrected chi connectivity index (χ4v) is 4.29. The largest absolute Gasteiger partial charge is 0.326 e. The first-order valence-corrected chi connectivity index (χ1v) is 8.37. The number of hydrogen-bond acceptors (Lipinski definition) is 3. The second-order valence-corrected chi connectivity index (χ2v) is 7.35. The first-order valence-electron chi connectivity index (χ1n) is 6.89. The molecule has 0 bridgehead atoms. The van der Waals surface area contributed by atoms with Crippen molar-refractivity contribution >= 4 is 10.0 Å². The average molecular weight is 300 g/mol. The summed E-state index contributed by atoms with van der Waals surface area (Å²) in [5.41, 5.74) is 5.60. The number of sulfonamides is 1. The van der Waals surface area contributed by atoms with Crippen molar-refractivity contribution in [2.75, 3.05) is 0 Å². The van der Waals surface area contributed by atoms with Gasteiger partial charge in [0.25, 0.3) is 0 Å². The minimum atomic E-state index is -3.86. The molecule has 1 aliphatic rings. The molecular formula is C14H21FN2O2S. The van der Waals surface area contributed by atoms with Crippen molar-refractivity contribution in [3.63, 3.8) is 0 Å². The monoisotopic (exact) mass is 300 g/mol. The lowest BCUT2D eigenvalue weighted by Gasteiger charge is -2.34. The lowest BCUT2D eigenvalue weighted by Crippen LogP contribution is -2.47. The molecule has 0 spiro atoms. The SMILES string of the molecule is CC1(NS(=O)(=O)c2cc(CN)ccc2F)CCCCC1. The van der Waals surface area contributed by atoms with Crippen molar-refractivity contribution in [1.29, 1.82) is 0 Å². The number of nitrogens with two attached hydrogens (primary N) is 1. The van der Waals surface area contributed by atoms with Gasteiger partial charge >= 0.3 is 0 Å². The van der Waals surface area contributed by atoms with Crippen LogP contribution < -0.4 is 10.5 Å². The summed E-state index contributed by atoms with van der Waals surface area (Å²) in [6.45, 7) is 2.06. The van der Waals surface area contributed by atoms with Crippen molar-refractivity contribution < 1.29 is 12.8 Å². The van der Waals surface area contributed by atoms with Crippen molar-refractivity contribution in [1.82, 2.24) is 4.72 Å². The van der Waals surface area contributed by atoms with Crippen molar-refractivity contribution in [2.24, 2.45) is 5.73 Å². The van der Waals surface area contributed by atoms with E-state index in [1.165, 1.54) is 12.1 Å². The Labute approximate surface area is 119 Å². The zero-order valence-corrected chi connectivity index (χ0v) is 12.5. The van der Waals surface area contributed by atoms with E-state index in [0.717, 1.165) is 38.2 Å². The van der Waals surface area contributed by atoms with Gasteiger partial charge in [0.15, 0.2) is 0 Å². The van der Waals surface area contributed by atoms with Crippen LogP contribution >= 0.6 is 0 Å². The minimum absolute atomic E-state index is 0.181. The van der Waals surface area contributed by atoms with Gasteiger partial charge in [-0.15, -0.1) is 0 Å². The van der Waals surface area contributed by atoms with Gasteiger partial charge in [0.1, 0.15) is 10.7 Å². The summed E-state index contributed by atoms with van der Waals surface area (Å²) in [6, 6.07) is 3.96. The molecular weight excluding hydrogens is 279 g/mol. The standard InChI is InChI=1S/C14H21FN2O2S/c1-14(7-3-2-4-8-14)17-20(18,19)13-9-11(10-16)5-6-12(13)15/h5-6,9,17H,2-4,7-8,10,16H2,1H3. The quantitative estimate of drug-likeness (QED) is 0.896. The van der Waals surface area contributed by atoms with Gasteiger partial charge in [-0.25, -0.2) is 17.5 Å². The van der Waals surface area contributed by atoms with Gasteiger partial charge in [-0.2, -0.15) is 0 Å².